The van der Waals surface area contributed by atoms with Gasteiger partial charge in [-0.3, -0.25) is 4.55 Å². The second-order valence-electron chi connectivity index (χ2n) is 6.10. The number of nitrogens with zero attached hydrogens (tertiary/aromatic N) is 4. The SMILES string of the molecule is NCc1nnc([C@@H]2CC3(CC3)[C@@H]3CN2C(=O)N3OS(=O)(=O)O)o1. The molecule has 3 heterocycles. The summed E-state index contributed by atoms with van der Waals surface area (Å²) in [5.41, 5.74) is 5.20. The first-order chi connectivity index (χ1) is 10.8. The minimum absolute atomic E-state index is 0.0967. The van der Waals surface area contributed by atoms with Gasteiger partial charge in [-0.1, -0.05) is 0 Å². The van der Waals surface area contributed by atoms with Gasteiger partial charge in [-0.15, -0.1) is 14.5 Å². The molecule has 3 aliphatic rings. The van der Waals surface area contributed by atoms with E-state index in [0.717, 1.165) is 17.9 Å². The van der Waals surface area contributed by atoms with Gasteiger partial charge in [-0.05, 0) is 24.7 Å². The Labute approximate surface area is 131 Å². The van der Waals surface area contributed by atoms with Crippen molar-refractivity contribution in [3.63, 3.8) is 0 Å². The predicted octanol–water partition coefficient (Wildman–Crippen LogP) is -0.406. The van der Waals surface area contributed by atoms with Gasteiger partial charge in [0.05, 0.1) is 12.6 Å². The van der Waals surface area contributed by atoms with Crippen molar-refractivity contribution in [3.8, 4) is 0 Å². The predicted molar refractivity (Wildman–Crippen MR) is 71.6 cm³/mol. The molecule has 2 amide bonds. The van der Waals surface area contributed by atoms with Crippen LogP contribution in [-0.4, -0.2) is 51.7 Å². The van der Waals surface area contributed by atoms with Gasteiger partial charge in [0.25, 0.3) is 0 Å². The minimum atomic E-state index is -4.77. The fourth-order valence-corrected chi connectivity index (χ4v) is 3.89. The first-order valence-corrected chi connectivity index (χ1v) is 8.49. The number of rotatable bonds is 4. The van der Waals surface area contributed by atoms with E-state index in [-0.39, 0.29) is 30.3 Å². The Hall–Kier alpha value is -1.76. The fourth-order valence-electron chi connectivity index (χ4n) is 3.52. The smallest absolute Gasteiger partial charge is 0.418 e. The summed E-state index contributed by atoms with van der Waals surface area (Å²) in [6.45, 7) is 0.374. The Bertz CT molecular complexity index is 759. The normalized spacial score (nSPS) is 28.7. The molecule has 1 spiro atoms. The summed E-state index contributed by atoms with van der Waals surface area (Å²) in [6, 6.07) is -1.52. The molecule has 2 atom stereocenters. The number of urea groups is 1. The average Bonchev–Trinajstić information content (AvgIpc) is 2.98. The summed E-state index contributed by atoms with van der Waals surface area (Å²) >= 11 is 0. The zero-order valence-corrected chi connectivity index (χ0v) is 12.8. The largest absolute Gasteiger partial charge is 0.422 e. The van der Waals surface area contributed by atoms with Crippen molar-refractivity contribution < 1.29 is 26.5 Å². The van der Waals surface area contributed by atoms with E-state index in [0.29, 0.717) is 6.42 Å². The summed E-state index contributed by atoms with van der Waals surface area (Å²) in [6.07, 6.45) is 2.23. The van der Waals surface area contributed by atoms with Gasteiger partial charge in [0.15, 0.2) is 0 Å². The third kappa shape index (κ3) is 2.29. The molecule has 0 aromatic carbocycles. The van der Waals surface area contributed by atoms with Crippen molar-refractivity contribution in [1.82, 2.24) is 20.2 Å². The number of hydroxylamine groups is 2. The van der Waals surface area contributed by atoms with Crippen LogP contribution in [0.5, 0.6) is 0 Å². The van der Waals surface area contributed by atoms with E-state index in [4.69, 9.17) is 14.7 Å². The van der Waals surface area contributed by atoms with E-state index in [1.165, 1.54) is 4.90 Å². The molecule has 11 nitrogen and oxygen atoms in total. The van der Waals surface area contributed by atoms with Crippen LogP contribution in [0, 0.1) is 5.41 Å². The van der Waals surface area contributed by atoms with E-state index in [9.17, 15) is 13.2 Å². The Morgan fingerprint density at radius 3 is 2.74 bits per heavy atom. The van der Waals surface area contributed by atoms with Crippen LogP contribution in [0.4, 0.5) is 4.79 Å². The molecular weight excluding hydrogens is 330 g/mol. The van der Waals surface area contributed by atoms with Crippen LogP contribution in [0.1, 0.15) is 37.1 Å². The molecule has 3 N–H and O–H groups in total. The van der Waals surface area contributed by atoms with Crippen LogP contribution in [0.2, 0.25) is 0 Å². The zero-order chi connectivity index (χ0) is 16.4. The summed E-state index contributed by atoms with van der Waals surface area (Å²) < 4.78 is 40.9. The van der Waals surface area contributed by atoms with Gasteiger partial charge in [-0.2, -0.15) is 13.5 Å². The van der Waals surface area contributed by atoms with Crippen LogP contribution in [0.15, 0.2) is 4.42 Å². The maximum absolute atomic E-state index is 12.5. The van der Waals surface area contributed by atoms with Gasteiger partial charge >= 0.3 is 16.4 Å². The Morgan fingerprint density at radius 1 is 1.43 bits per heavy atom. The van der Waals surface area contributed by atoms with Crippen LogP contribution in [-0.2, 0) is 21.2 Å². The fraction of sp³-hybridized carbons (Fsp3) is 0.727. The molecule has 0 unspecified atom stereocenters. The Morgan fingerprint density at radius 2 is 2.17 bits per heavy atom. The molecule has 2 aliphatic heterocycles. The summed E-state index contributed by atoms with van der Waals surface area (Å²) in [5.74, 6) is 0.543. The topological polar surface area (TPSA) is 152 Å². The van der Waals surface area contributed by atoms with Gasteiger partial charge < -0.3 is 15.1 Å². The molecule has 12 heteroatoms. The number of nitrogens with two attached hydrogens (primary N) is 1. The third-order valence-electron chi connectivity index (χ3n) is 4.78. The molecule has 2 saturated heterocycles. The van der Waals surface area contributed by atoms with E-state index in [2.05, 4.69) is 14.5 Å². The monoisotopic (exact) mass is 345 g/mol. The highest BCUT2D eigenvalue weighted by molar-refractivity contribution is 7.80. The van der Waals surface area contributed by atoms with Crippen molar-refractivity contribution in [2.24, 2.45) is 11.1 Å². The number of aromatic nitrogens is 2. The number of amides is 2. The van der Waals surface area contributed by atoms with Crippen LogP contribution >= 0.6 is 0 Å². The molecule has 1 aromatic heterocycles. The van der Waals surface area contributed by atoms with Crippen molar-refractivity contribution in [1.29, 1.82) is 0 Å². The average molecular weight is 345 g/mol. The van der Waals surface area contributed by atoms with E-state index in [1.807, 2.05) is 0 Å². The highest BCUT2D eigenvalue weighted by Gasteiger charge is 2.64. The minimum Gasteiger partial charge on any atom is -0.422 e. The van der Waals surface area contributed by atoms with E-state index < -0.39 is 28.5 Å². The van der Waals surface area contributed by atoms with Crippen molar-refractivity contribution in [2.75, 3.05) is 6.54 Å². The zero-order valence-electron chi connectivity index (χ0n) is 12.0. The molecule has 2 bridgehead atoms. The maximum atomic E-state index is 12.5. The molecule has 0 radical (unpaired) electrons. The van der Waals surface area contributed by atoms with Crippen molar-refractivity contribution in [3.05, 3.63) is 11.8 Å². The van der Waals surface area contributed by atoms with Crippen molar-refractivity contribution in [2.45, 2.75) is 37.9 Å². The molecule has 3 fully saturated rings. The van der Waals surface area contributed by atoms with Gasteiger partial charge in [0, 0.05) is 6.54 Å². The molecule has 1 aromatic rings. The van der Waals surface area contributed by atoms with Gasteiger partial charge in [0.1, 0.15) is 6.04 Å². The van der Waals surface area contributed by atoms with Crippen LogP contribution < -0.4 is 5.73 Å². The number of piperidine rings is 1. The highest BCUT2D eigenvalue weighted by atomic mass is 32.3. The van der Waals surface area contributed by atoms with Crippen LogP contribution in [0.25, 0.3) is 0 Å². The van der Waals surface area contributed by atoms with Crippen molar-refractivity contribution >= 4 is 16.4 Å². The van der Waals surface area contributed by atoms with Gasteiger partial charge in [-0.25, -0.2) is 4.79 Å². The maximum Gasteiger partial charge on any atom is 0.418 e. The lowest BCUT2D eigenvalue weighted by Gasteiger charge is -2.34. The number of hydrogen-bond donors (Lipinski definition) is 2. The second kappa shape index (κ2) is 4.63. The molecular formula is C11H15N5O6S. The molecule has 23 heavy (non-hydrogen) atoms. The molecule has 1 aliphatic carbocycles. The van der Waals surface area contributed by atoms with E-state index in [1.54, 1.807) is 0 Å². The Balaban J connectivity index is 1.67. The number of hydrogen-bond acceptors (Lipinski definition) is 8. The lowest BCUT2D eigenvalue weighted by atomic mass is 9.85. The van der Waals surface area contributed by atoms with Gasteiger partial charge in [0.2, 0.25) is 11.8 Å². The summed E-state index contributed by atoms with van der Waals surface area (Å²) in [7, 11) is -4.77. The summed E-state index contributed by atoms with van der Waals surface area (Å²) in [4.78, 5) is 13.9. The molecule has 1 saturated carbocycles. The third-order valence-corrected chi connectivity index (χ3v) is 5.13. The standard InChI is InChI=1S/C11H15N5O6S/c12-4-8-13-14-9(21-8)6-3-11(1-2-11)7-5-15(6)10(17)16(7)22-23(18,19)20/h6-7H,1-5,12H2,(H,18,19,20)/t6-,7-/m0/s1. The first kappa shape index (κ1) is 14.8. The quantitative estimate of drug-likeness (QED) is 0.694. The van der Waals surface area contributed by atoms with Crippen LogP contribution in [0.3, 0.4) is 0 Å². The number of carbonyl (C=O) groups is 1. The summed E-state index contributed by atoms with van der Waals surface area (Å²) in [5, 5.41) is 8.49. The number of carbonyl (C=O) groups excluding carboxylic acids is 1. The lowest BCUT2D eigenvalue weighted by Crippen LogP contribution is -2.43. The Kier molecular flexibility index (Phi) is 2.98. The number of fused-ring (bicyclic) bond motifs is 3. The first-order valence-electron chi connectivity index (χ1n) is 7.12. The second-order valence-corrected chi connectivity index (χ2v) is 7.10. The molecule has 126 valence electrons. The van der Waals surface area contributed by atoms with E-state index >= 15 is 0 Å². The highest BCUT2D eigenvalue weighted by Crippen LogP contribution is 2.61. The lowest BCUT2D eigenvalue weighted by molar-refractivity contribution is -0.0530. The molecule has 4 rings (SSSR count).